The first-order valence-corrected chi connectivity index (χ1v) is 5.58. The smallest absolute Gasteiger partial charge is 0.124 e. The molecule has 0 spiro atoms. The Morgan fingerprint density at radius 3 is 2.41 bits per heavy atom. The Bertz CT molecular complexity index is 457. The maximum absolute atomic E-state index is 5.78. The third-order valence-corrected chi connectivity index (χ3v) is 2.50. The quantitative estimate of drug-likeness (QED) is 0.609. The second-order valence-corrected chi connectivity index (χ2v) is 3.76. The summed E-state index contributed by atoms with van der Waals surface area (Å²) in [6.45, 7) is 1.17. The average molecular weight is 228 g/mol. The van der Waals surface area contributed by atoms with E-state index in [1.165, 1.54) is 0 Å². The van der Waals surface area contributed by atoms with Crippen LogP contribution in [-0.4, -0.2) is 0 Å². The van der Waals surface area contributed by atoms with Gasteiger partial charge in [-0.2, -0.15) is 0 Å². The van der Waals surface area contributed by atoms with Crippen molar-refractivity contribution in [1.82, 2.24) is 5.43 Å². The number of hydrogen-bond donors (Lipinski definition) is 2. The number of nitrogens with one attached hydrogen (secondary N) is 1. The molecular weight excluding hydrogens is 212 g/mol. The topological polar surface area (TPSA) is 47.3 Å². The van der Waals surface area contributed by atoms with Crippen LogP contribution in [0.25, 0.3) is 0 Å². The van der Waals surface area contributed by atoms with E-state index in [9.17, 15) is 0 Å². The Balaban J connectivity index is 2.03. The summed E-state index contributed by atoms with van der Waals surface area (Å²) in [5.41, 5.74) is 4.86. The molecule has 2 aromatic rings. The molecule has 0 aliphatic rings. The van der Waals surface area contributed by atoms with Gasteiger partial charge in [-0.3, -0.25) is 11.3 Å². The lowest BCUT2D eigenvalue weighted by Gasteiger charge is -2.11. The van der Waals surface area contributed by atoms with E-state index in [1.54, 1.807) is 0 Å². The SMILES string of the molecule is NNCc1ccccc1OCc1ccccc1. The number of nitrogens with two attached hydrogens (primary N) is 1. The van der Waals surface area contributed by atoms with Crippen molar-refractivity contribution in [3.8, 4) is 5.75 Å². The Hall–Kier alpha value is -1.84. The minimum absolute atomic E-state index is 0.572. The van der Waals surface area contributed by atoms with Gasteiger partial charge in [0.2, 0.25) is 0 Å². The van der Waals surface area contributed by atoms with Gasteiger partial charge in [0.05, 0.1) is 0 Å². The number of benzene rings is 2. The fraction of sp³-hybridized carbons (Fsp3) is 0.143. The van der Waals surface area contributed by atoms with E-state index in [-0.39, 0.29) is 0 Å². The highest BCUT2D eigenvalue weighted by Crippen LogP contribution is 2.18. The second kappa shape index (κ2) is 6.03. The lowest BCUT2D eigenvalue weighted by molar-refractivity contribution is 0.302. The maximum Gasteiger partial charge on any atom is 0.124 e. The number of hydrogen-bond acceptors (Lipinski definition) is 3. The molecule has 0 fully saturated rings. The van der Waals surface area contributed by atoms with Crippen LogP contribution in [-0.2, 0) is 13.2 Å². The maximum atomic E-state index is 5.78. The van der Waals surface area contributed by atoms with Gasteiger partial charge in [0.15, 0.2) is 0 Å². The van der Waals surface area contributed by atoms with Crippen molar-refractivity contribution in [2.24, 2.45) is 5.84 Å². The molecule has 0 radical (unpaired) electrons. The molecule has 0 aliphatic carbocycles. The molecule has 0 saturated carbocycles. The number of ether oxygens (including phenoxy) is 1. The van der Waals surface area contributed by atoms with Gasteiger partial charge < -0.3 is 4.74 Å². The van der Waals surface area contributed by atoms with E-state index in [1.807, 2.05) is 54.6 Å². The Morgan fingerprint density at radius 2 is 1.65 bits per heavy atom. The first-order valence-electron chi connectivity index (χ1n) is 5.58. The minimum Gasteiger partial charge on any atom is -0.489 e. The molecule has 2 aromatic carbocycles. The number of para-hydroxylation sites is 1. The van der Waals surface area contributed by atoms with Crippen LogP contribution in [0.4, 0.5) is 0 Å². The van der Waals surface area contributed by atoms with Crippen LogP contribution < -0.4 is 16.0 Å². The summed E-state index contributed by atoms with van der Waals surface area (Å²) < 4.78 is 5.78. The number of rotatable bonds is 5. The molecule has 0 atom stereocenters. The zero-order valence-electron chi connectivity index (χ0n) is 9.60. The number of hydrazine groups is 1. The van der Waals surface area contributed by atoms with Crippen LogP contribution in [0.3, 0.4) is 0 Å². The molecule has 3 nitrogen and oxygen atoms in total. The second-order valence-electron chi connectivity index (χ2n) is 3.76. The molecule has 2 rings (SSSR count). The van der Waals surface area contributed by atoms with Gasteiger partial charge in [-0.25, -0.2) is 0 Å². The van der Waals surface area contributed by atoms with Crippen LogP contribution in [0.2, 0.25) is 0 Å². The Morgan fingerprint density at radius 1 is 0.941 bits per heavy atom. The van der Waals surface area contributed by atoms with Crippen molar-refractivity contribution in [3.63, 3.8) is 0 Å². The molecule has 0 amide bonds. The van der Waals surface area contributed by atoms with Crippen LogP contribution in [0.1, 0.15) is 11.1 Å². The van der Waals surface area contributed by atoms with E-state index in [0.717, 1.165) is 16.9 Å². The highest BCUT2D eigenvalue weighted by molar-refractivity contribution is 5.33. The van der Waals surface area contributed by atoms with E-state index in [2.05, 4.69) is 5.43 Å². The summed E-state index contributed by atoms with van der Waals surface area (Å²) in [6, 6.07) is 18.0. The molecule has 3 heteroatoms. The third kappa shape index (κ3) is 3.31. The molecule has 0 aromatic heterocycles. The van der Waals surface area contributed by atoms with Crippen LogP contribution >= 0.6 is 0 Å². The van der Waals surface area contributed by atoms with E-state index in [0.29, 0.717) is 13.2 Å². The molecule has 88 valence electrons. The van der Waals surface area contributed by atoms with Gasteiger partial charge in [0, 0.05) is 12.1 Å². The Labute approximate surface area is 101 Å². The summed E-state index contributed by atoms with van der Waals surface area (Å²) in [6.07, 6.45) is 0. The predicted octanol–water partition coefficient (Wildman–Crippen LogP) is 2.23. The largest absolute Gasteiger partial charge is 0.489 e. The van der Waals surface area contributed by atoms with Crippen molar-refractivity contribution < 1.29 is 4.74 Å². The van der Waals surface area contributed by atoms with Gasteiger partial charge in [0.25, 0.3) is 0 Å². The average Bonchev–Trinajstić information content (AvgIpc) is 2.39. The third-order valence-electron chi connectivity index (χ3n) is 2.50. The van der Waals surface area contributed by atoms with Gasteiger partial charge in [-0.15, -0.1) is 0 Å². The summed E-state index contributed by atoms with van der Waals surface area (Å²) >= 11 is 0. The van der Waals surface area contributed by atoms with Crippen LogP contribution in [0.15, 0.2) is 54.6 Å². The summed E-state index contributed by atoms with van der Waals surface area (Å²) in [5, 5.41) is 0. The standard InChI is InChI=1S/C14H16N2O/c15-16-10-13-8-4-5-9-14(13)17-11-12-6-2-1-3-7-12/h1-9,16H,10-11,15H2. The molecule has 3 N–H and O–H groups in total. The summed E-state index contributed by atoms with van der Waals surface area (Å²) in [5.74, 6) is 6.20. The van der Waals surface area contributed by atoms with Crippen molar-refractivity contribution >= 4 is 0 Å². The zero-order chi connectivity index (χ0) is 11.9. The minimum atomic E-state index is 0.572. The lowest BCUT2D eigenvalue weighted by Crippen LogP contribution is -2.21. The van der Waals surface area contributed by atoms with Gasteiger partial charge in [0.1, 0.15) is 12.4 Å². The molecule has 17 heavy (non-hydrogen) atoms. The van der Waals surface area contributed by atoms with E-state index >= 15 is 0 Å². The fourth-order valence-electron chi connectivity index (χ4n) is 1.64. The lowest BCUT2D eigenvalue weighted by atomic mass is 10.2. The molecule has 0 aliphatic heterocycles. The first-order chi connectivity index (χ1) is 8.40. The molecule has 0 bridgehead atoms. The van der Waals surface area contributed by atoms with Gasteiger partial charge in [-0.05, 0) is 11.6 Å². The summed E-state index contributed by atoms with van der Waals surface area (Å²) in [4.78, 5) is 0. The van der Waals surface area contributed by atoms with Gasteiger partial charge >= 0.3 is 0 Å². The van der Waals surface area contributed by atoms with Gasteiger partial charge in [-0.1, -0.05) is 48.5 Å². The summed E-state index contributed by atoms with van der Waals surface area (Å²) in [7, 11) is 0. The zero-order valence-corrected chi connectivity index (χ0v) is 9.60. The molecule has 0 saturated heterocycles. The monoisotopic (exact) mass is 228 g/mol. The highest BCUT2D eigenvalue weighted by Gasteiger charge is 2.01. The molecule has 0 heterocycles. The van der Waals surface area contributed by atoms with E-state index in [4.69, 9.17) is 10.6 Å². The Kier molecular flexibility index (Phi) is 4.13. The normalized spacial score (nSPS) is 10.2. The van der Waals surface area contributed by atoms with Crippen molar-refractivity contribution in [1.29, 1.82) is 0 Å². The van der Waals surface area contributed by atoms with Crippen LogP contribution in [0.5, 0.6) is 5.75 Å². The molecule has 0 unspecified atom stereocenters. The fourth-order valence-corrected chi connectivity index (χ4v) is 1.64. The molecular formula is C14H16N2O. The highest BCUT2D eigenvalue weighted by atomic mass is 16.5. The first kappa shape index (κ1) is 11.6. The van der Waals surface area contributed by atoms with Crippen molar-refractivity contribution in [3.05, 3.63) is 65.7 Å². The predicted molar refractivity (Wildman–Crippen MR) is 68.2 cm³/mol. The van der Waals surface area contributed by atoms with E-state index < -0.39 is 0 Å². The van der Waals surface area contributed by atoms with Crippen LogP contribution in [0, 0.1) is 0 Å². The van der Waals surface area contributed by atoms with Crippen molar-refractivity contribution in [2.75, 3.05) is 0 Å². The van der Waals surface area contributed by atoms with Crippen molar-refractivity contribution in [2.45, 2.75) is 13.2 Å².